The fourth-order valence-electron chi connectivity index (χ4n) is 1.79. The second-order valence-corrected chi connectivity index (χ2v) is 6.43. The van der Waals surface area contributed by atoms with Crippen LogP contribution in [0.4, 0.5) is 0 Å². The Morgan fingerprint density at radius 2 is 2.16 bits per heavy atom. The van der Waals surface area contributed by atoms with Crippen molar-refractivity contribution in [3.63, 3.8) is 0 Å². The number of aromatic carboxylic acids is 1. The zero-order valence-corrected chi connectivity index (χ0v) is 11.8. The maximum atomic E-state index is 11.9. The molecule has 0 aliphatic carbocycles. The fraction of sp³-hybridized carbons (Fsp3) is 0.583. The minimum absolute atomic E-state index is 0.0448. The molecule has 0 saturated carbocycles. The van der Waals surface area contributed by atoms with Crippen molar-refractivity contribution in [3.8, 4) is 0 Å². The molecule has 1 unspecified atom stereocenters. The molecule has 104 valence electrons. The van der Waals surface area contributed by atoms with Gasteiger partial charge in [0.1, 0.15) is 22.6 Å². The zero-order valence-electron chi connectivity index (χ0n) is 11.0. The molecular formula is C12H15N2O4S-. The fourth-order valence-corrected chi connectivity index (χ4v) is 2.66. The monoisotopic (exact) mass is 283 g/mol. The second kappa shape index (κ2) is 4.90. The quantitative estimate of drug-likeness (QED) is 0.760. The summed E-state index contributed by atoms with van der Waals surface area (Å²) in [4.78, 5) is 27.5. The molecule has 0 saturated heterocycles. The molecule has 1 aromatic heterocycles. The molecule has 0 aromatic carbocycles. The van der Waals surface area contributed by atoms with Crippen LogP contribution in [-0.2, 0) is 22.5 Å². The van der Waals surface area contributed by atoms with Crippen molar-refractivity contribution in [2.24, 2.45) is 0 Å². The van der Waals surface area contributed by atoms with E-state index in [9.17, 15) is 14.7 Å². The van der Waals surface area contributed by atoms with Gasteiger partial charge in [-0.25, -0.2) is 4.98 Å². The van der Waals surface area contributed by atoms with Crippen LogP contribution >= 0.6 is 11.3 Å². The van der Waals surface area contributed by atoms with Gasteiger partial charge in [-0.15, -0.1) is 11.3 Å². The highest BCUT2D eigenvalue weighted by atomic mass is 32.1. The molecule has 1 atom stereocenters. The second-order valence-electron chi connectivity index (χ2n) is 5.35. The van der Waals surface area contributed by atoms with Crippen LogP contribution in [0, 0.1) is 0 Å². The predicted octanol–water partition coefficient (Wildman–Crippen LogP) is -0.137. The van der Waals surface area contributed by atoms with E-state index in [2.05, 4.69) is 10.3 Å². The predicted molar refractivity (Wildman–Crippen MR) is 66.6 cm³/mol. The summed E-state index contributed by atoms with van der Waals surface area (Å²) >= 11 is 1.08. The number of hydrogen-bond donors (Lipinski definition) is 1. The Kier molecular flexibility index (Phi) is 3.60. The van der Waals surface area contributed by atoms with Crippen LogP contribution in [0.3, 0.4) is 0 Å². The minimum atomic E-state index is -1.28. The normalized spacial score (nSPS) is 18.8. The Morgan fingerprint density at radius 3 is 2.74 bits per heavy atom. The van der Waals surface area contributed by atoms with E-state index in [4.69, 9.17) is 4.74 Å². The number of nitrogens with one attached hydrogen (secondary N) is 1. The first-order valence-electron chi connectivity index (χ1n) is 5.92. The van der Waals surface area contributed by atoms with Gasteiger partial charge in [-0.05, 0) is 20.8 Å². The van der Waals surface area contributed by atoms with Gasteiger partial charge in [0.05, 0.1) is 5.69 Å². The molecule has 2 heterocycles. The number of rotatable bonds is 2. The largest absolute Gasteiger partial charge is 0.542 e. The van der Waals surface area contributed by atoms with Crippen LogP contribution < -0.4 is 10.4 Å². The number of esters is 1. The van der Waals surface area contributed by atoms with Gasteiger partial charge >= 0.3 is 5.97 Å². The van der Waals surface area contributed by atoms with Gasteiger partial charge in [-0.2, -0.15) is 0 Å². The van der Waals surface area contributed by atoms with Crippen molar-refractivity contribution in [2.45, 2.75) is 45.4 Å². The first kappa shape index (κ1) is 14.0. The number of nitrogens with zero attached hydrogens (tertiary/aromatic N) is 1. The van der Waals surface area contributed by atoms with Crippen molar-refractivity contribution in [3.05, 3.63) is 15.6 Å². The van der Waals surface area contributed by atoms with Crippen molar-refractivity contribution in [1.29, 1.82) is 0 Å². The van der Waals surface area contributed by atoms with Crippen LogP contribution in [0.2, 0.25) is 0 Å². The maximum Gasteiger partial charge on any atom is 0.324 e. The maximum absolute atomic E-state index is 11.9. The summed E-state index contributed by atoms with van der Waals surface area (Å²) < 4.78 is 5.29. The number of ether oxygens (including phenoxy) is 1. The van der Waals surface area contributed by atoms with E-state index >= 15 is 0 Å². The third-order valence-corrected chi connectivity index (χ3v) is 3.63. The SMILES string of the molecule is CC(C)(C)OC(=O)C1Cc2nc(C(=O)[O-])sc2CN1. The number of carbonyl (C=O) groups excluding carboxylic acids is 2. The summed E-state index contributed by atoms with van der Waals surface area (Å²) in [6, 6.07) is -0.483. The number of carbonyl (C=O) groups is 2. The smallest absolute Gasteiger partial charge is 0.324 e. The summed E-state index contributed by atoms with van der Waals surface area (Å²) in [5, 5.41) is 13.7. The summed E-state index contributed by atoms with van der Waals surface area (Å²) in [7, 11) is 0. The Hall–Kier alpha value is -1.47. The van der Waals surface area contributed by atoms with E-state index in [1.54, 1.807) is 20.8 Å². The topological polar surface area (TPSA) is 91.3 Å². The Labute approximate surface area is 114 Å². The van der Waals surface area contributed by atoms with Gasteiger partial charge in [0, 0.05) is 17.8 Å². The van der Waals surface area contributed by atoms with Gasteiger partial charge in [0.2, 0.25) is 0 Å². The van der Waals surface area contributed by atoms with Crippen LogP contribution in [0.25, 0.3) is 0 Å². The molecule has 19 heavy (non-hydrogen) atoms. The van der Waals surface area contributed by atoms with E-state index in [1.807, 2.05) is 0 Å². The molecule has 1 aromatic rings. The third-order valence-electron chi connectivity index (χ3n) is 2.55. The molecule has 0 fully saturated rings. The highest BCUT2D eigenvalue weighted by molar-refractivity contribution is 7.13. The molecule has 0 bridgehead atoms. The summed E-state index contributed by atoms with van der Waals surface area (Å²) in [5.41, 5.74) is 0.0934. The number of aromatic nitrogens is 1. The lowest BCUT2D eigenvalue weighted by atomic mass is 10.1. The Morgan fingerprint density at radius 1 is 1.47 bits per heavy atom. The number of carboxylic acid groups (broad SMARTS) is 1. The molecule has 1 aliphatic heterocycles. The average molecular weight is 283 g/mol. The molecular weight excluding hydrogens is 268 g/mol. The van der Waals surface area contributed by atoms with Crippen LogP contribution in [0.5, 0.6) is 0 Å². The van der Waals surface area contributed by atoms with Gasteiger partial charge in [-0.1, -0.05) is 0 Å². The molecule has 1 N–H and O–H groups in total. The zero-order chi connectivity index (χ0) is 14.2. The van der Waals surface area contributed by atoms with E-state index < -0.39 is 17.6 Å². The number of fused-ring (bicyclic) bond motifs is 1. The lowest BCUT2D eigenvalue weighted by Crippen LogP contribution is -2.44. The Bertz CT molecular complexity index is 518. The minimum Gasteiger partial charge on any atom is -0.542 e. The van der Waals surface area contributed by atoms with Gasteiger partial charge in [0.25, 0.3) is 0 Å². The molecule has 1 aliphatic rings. The van der Waals surface area contributed by atoms with Crippen LogP contribution in [-0.4, -0.2) is 28.6 Å². The van der Waals surface area contributed by atoms with Crippen LogP contribution in [0.1, 0.15) is 41.1 Å². The van der Waals surface area contributed by atoms with E-state index in [-0.39, 0.29) is 11.0 Å². The summed E-state index contributed by atoms with van der Waals surface area (Å²) in [6.45, 7) is 5.83. The van der Waals surface area contributed by atoms with E-state index in [0.717, 1.165) is 16.2 Å². The molecule has 0 radical (unpaired) electrons. The summed E-state index contributed by atoms with van der Waals surface area (Å²) in [6.07, 6.45) is 0.341. The first-order chi connectivity index (χ1) is 8.76. The Balaban J connectivity index is 2.09. The van der Waals surface area contributed by atoms with Crippen molar-refractivity contribution in [2.75, 3.05) is 0 Å². The number of thiazole rings is 1. The van der Waals surface area contributed by atoms with Gasteiger partial charge in [0.15, 0.2) is 0 Å². The lowest BCUT2D eigenvalue weighted by molar-refractivity contribution is -0.255. The van der Waals surface area contributed by atoms with E-state index in [1.165, 1.54) is 0 Å². The molecule has 7 heteroatoms. The summed E-state index contributed by atoms with van der Waals surface area (Å²) in [5.74, 6) is -1.63. The van der Waals surface area contributed by atoms with Crippen molar-refractivity contribution in [1.82, 2.24) is 10.3 Å². The third kappa shape index (κ3) is 3.30. The highest BCUT2D eigenvalue weighted by Crippen LogP contribution is 2.24. The molecule has 2 rings (SSSR count). The highest BCUT2D eigenvalue weighted by Gasteiger charge is 2.30. The molecule has 6 nitrogen and oxygen atoms in total. The van der Waals surface area contributed by atoms with Crippen molar-refractivity contribution >= 4 is 23.3 Å². The van der Waals surface area contributed by atoms with Gasteiger partial charge in [-0.3, -0.25) is 10.1 Å². The first-order valence-corrected chi connectivity index (χ1v) is 6.74. The average Bonchev–Trinajstić information content (AvgIpc) is 2.69. The lowest BCUT2D eigenvalue weighted by Gasteiger charge is -2.26. The number of hydrogen-bond acceptors (Lipinski definition) is 7. The molecule has 0 spiro atoms. The van der Waals surface area contributed by atoms with Crippen molar-refractivity contribution < 1.29 is 19.4 Å². The number of carboxylic acids is 1. The standard InChI is InChI=1S/C12H16N2O4S/c1-12(2,3)18-11(17)7-4-6-8(5-13-7)19-9(14-6)10(15)16/h7,13H,4-5H2,1-3H3,(H,15,16)/p-1. The van der Waals surface area contributed by atoms with Gasteiger partial charge < -0.3 is 14.6 Å². The molecule has 0 amide bonds. The van der Waals surface area contributed by atoms with E-state index in [0.29, 0.717) is 18.7 Å². The van der Waals surface area contributed by atoms with Crippen LogP contribution in [0.15, 0.2) is 0 Å².